The Morgan fingerprint density at radius 3 is 2.56 bits per heavy atom. The number of ether oxygens (including phenoxy) is 2. The van der Waals surface area contributed by atoms with Crippen molar-refractivity contribution in [3.8, 4) is 5.75 Å². The Bertz CT molecular complexity index is 861. The van der Waals surface area contributed by atoms with Gasteiger partial charge in [0.1, 0.15) is 17.0 Å². The number of halogens is 3. The summed E-state index contributed by atoms with van der Waals surface area (Å²) >= 11 is 0. The van der Waals surface area contributed by atoms with Crippen LogP contribution < -0.4 is 9.64 Å². The van der Waals surface area contributed by atoms with Crippen LogP contribution in [0.3, 0.4) is 0 Å². The summed E-state index contributed by atoms with van der Waals surface area (Å²) in [5.41, 5.74) is 0.516. The Balaban J connectivity index is 1.90. The van der Waals surface area contributed by atoms with Crippen molar-refractivity contribution in [1.82, 2.24) is 9.78 Å². The number of fused-ring (bicyclic) bond motifs is 1. The average Bonchev–Trinajstić information content (AvgIpc) is 3.04. The van der Waals surface area contributed by atoms with Crippen molar-refractivity contribution in [2.45, 2.75) is 26.3 Å². The van der Waals surface area contributed by atoms with Crippen molar-refractivity contribution in [1.29, 1.82) is 0 Å². The van der Waals surface area contributed by atoms with Crippen molar-refractivity contribution in [2.24, 2.45) is 0 Å². The molecule has 0 spiro atoms. The fraction of sp³-hybridized carbons (Fsp3) is 0.353. The Kier molecular flexibility index (Phi) is 4.81. The monoisotopic (exact) mass is 383 g/mol. The third-order valence-corrected chi connectivity index (χ3v) is 3.98. The van der Waals surface area contributed by atoms with E-state index < -0.39 is 18.2 Å². The van der Waals surface area contributed by atoms with Gasteiger partial charge in [-0.25, -0.2) is 4.79 Å². The number of benzene rings is 1. The zero-order chi connectivity index (χ0) is 19.8. The SMILES string of the molecule is CCOC(=O)c1cnn2c1C(=O)N(c1ccc(OC(F)(F)F)cc1)C[C@@H]2C. The molecule has 2 heterocycles. The molecule has 27 heavy (non-hydrogen) atoms. The molecular formula is C17H16F3N3O4. The standard InChI is InChI=1S/C17H16F3N3O4/c1-3-26-16(25)13-8-21-23-10(2)9-22(15(24)14(13)23)11-4-6-12(7-5-11)27-17(18,19)20/h4-8,10H,3,9H2,1-2H3/t10-/m0/s1. The van der Waals surface area contributed by atoms with Crippen molar-refractivity contribution in [3.05, 3.63) is 41.7 Å². The van der Waals surface area contributed by atoms with Crippen molar-refractivity contribution in [3.63, 3.8) is 0 Å². The molecule has 2 aromatic rings. The third-order valence-electron chi connectivity index (χ3n) is 3.98. The molecule has 0 fully saturated rings. The maximum atomic E-state index is 12.9. The summed E-state index contributed by atoms with van der Waals surface area (Å²) in [4.78, 5) is 26.4. The number of esters is 1. The minimum Gasteiger partial charge on any atom is -0.462 e. The highest BCUT2D eigenvalue weighted by Crippen LogP contribution is 2.30. The van der Waals surface area contributed by atoms with Crippen LogP contribution in [0.15, 0.2) is 30.5 Å². The van der Waals surface area contributed by atoms with Gasteiger partial charge in [0.25, 0.3) is 5.91 Å². The predicted octanol–water partition coefficient (Wildman–Crippen LogP) is 3.18. The minimum absolute atomic E-state index is 0.0513. The molecule has 0 radical (unpaired) electrons. The summed E-state index contributed by atoms with van der Waals surface area (Å²) < 4.78 is 47.1. The zero-order valence-electron chi connectivity index (χ0n) is 14.5. The predicted molar refractivity (Wildman–Crippen MR) is 87.7 cm³/mol. The topological polar surface area (TPSA) is 73.7 Å². The number of amides is 1. The maximum absolute atomic E-state index is 12.9. The molecule has 0 bridgehead atoms. The largest absolute Gasteiger partial charge is 0.573 e. The van der Waals surface area contributed by atoms with Gasteiger partial charge in [-0.3, -0.25) is 9.48 Å². The number of carbonyl (C=O) groups excluding carboxylic acids is 2. The van der Waals surface area contributed by atoms with Crippen molar-refractivity contribution >= 4 is 17.6 Å². The van der Waals surface area contributed by atoms with Gasteiger partial charge in [0, 0.05) is 12.2 Å². The number of hydrogen-bond donors (Lipinski definition) is 0. The van der Waals surface area contributed by atoms with Crippen molar-refractivity contribution in [2.75, 3.05) is 18.1 Å². The number of aromatic nitrogens is 2. The summed E-state index contributed by atoms with van der Waals surface area (Å²) in [5, 5.41) is 4.10. The van der Waals surface area contributed by atoms with Gasteiger partial charge < -0.3 is 14.4 Å². The van der Waals surface area contributed by atoms with Gasteiger partial charge in [0.2, 0.25) is 0 Å². The molecule has 0 saturated heterocycles. The lowest BCUT2D eigenvalue weighted by atomic mass is 10.1. The molecule has 144 valence electrons. The number of nitrogens with zero attached hydrogens (tertiary/aromatic N) is 3. The Hall–Kier alpha value is -3.04. The van der Waals surface area contributed by atoms with Crippen LogP contribution in [0.2, 0.25) is 0 Å². The lowest BCUT2D eigenvalue weighted by Gasteiger charge is -2.32. The maximum Gasteiger partial charge on any atom is 0.573 e. The number of rotatable bonds is 4. The van der Waals surface area contributed by atoms with Crippen LogP contribution in [0.25, 0.3) is 0 Å². The number of anilines is 1. The number of alkyl halides is 3. The molecule has 1 aliphatic rings. The summed E-state index contributed by atoms with van der Waals surface area (Å²) in [6.07, 6.45) is -3.51. The van der Waals surface area contributed by atoms with Gasteiger partial charge >= 0.3 is 12.3 Å². The second-order valence-corrected chi connectivity index (χ2v) is 5.88. The molecule has 3 rings (SSSR count). The normalized spacial score (nSPS) is 16.9. The van der Waals surface area contributed by atoms with Gasteiger partial charge in [-0.2, -0.15) is 5.10 Å². The van der Waals surface area contributed by atoms with E-state index in [1.165, 1.54) is 27.9 Å². The molecule has 0 unspecified atom stereocenters. The fourth-order valence-electron chi connectivity index (χ4n) is 2.87. The third kappa shape index (κ3) is 3.74. The molecule has 1 aromatic carbocycles. The molecule has 0 saturated carbocycles. The van der Waals surface area contributed by atoms with Gasteiger partial charge in [-0.1, -0.05) is 0 Å². The highest BCUT2D eigenvalue weighted by Gasteiger charge is 2.36. The lowest BCUT2D eigenvalue weighted by molar-refractivity contribution is -0.274. The van der Waals surface area contributed by atoms with E-state index in [0.29, 0.717) is 5.69 Å². The highest BCUT2D eigenvalue weighted by atomic mass is 19.4. The second-order valence-electron chi connectivity index (χ2n) is 5.88. The molecule has 7 nitrogen and oxygen atoms in total. The summed E-state index contributed by atoms with van der Waals surface area (Å²) in [5.74, 6) is -1.53. The first-order chi connectivity index (χ1) is 12.7. The first kappa shape index (κ1) is 18.7. The van der Waals surface area contributed by atoms with Gasteiger partial charge in [-0.15, -0.1) is 13.2 Å². The second kappa shape index (κ2) is 6.93. The number of carbonyl (C=O) groups is 2. The van der Waals surface area contributed by atoms with E-state index in [4.69, 9.17) is 4.74 Å². The van der Waals surface area contributed by atoms with Gasteiger partial charge in [0.05, 0.1) is 18.8 Å². The molecule has 1 amide bonds. The van der Waals surface area contributed by atoms with E-state index in [-0.39, 0.29) is 36.2 Å². The Labute approximate surface area is 152 Å². The highest BCUT2D eigenvalue weighted by molar-refractivity contribution is 6.11. The quantitative estimate of drug-likeness (QED) is 0.759. The number of hydrogen-bond acceptors (Lipinski definition) is 5. The molecule has 0 aliphatic carbocycles. The smallest absolute Gasteiger partial charge is 0.462 e. The van der Waals surface area contributed by atoms with Crippen LogP contribution in [0.5, 0.6) is 5.75 Å². The Morgan fingerprint density at radius 1 is 1.30 bits per heavy atom. The van der Waals surface area contributed by atoms with E-state index in [9.17, 15) is 22.8 Å². The zero-order valence-corrected chi connectivity index (χ0v) is 14.5. The van der Waals surface area contributed by atoms with E-state index in [0.717, 1.165) is 12.1 Å². The molecule has 0 N–H and O–H groups in total. The average molecular weight is 383 g/mol. The first-order valence-corrected chi connectivity index (χ1v) is 8.13. The van der Waals surface area contributed by atoms with E-state index >= 15 is 0 Å². The van der Waals surface area contributed by atoms with Crippen LogP contribution in [-0.2, 0) is 4.74 Å². The van der Waals surface area contributed by atoms with E-state index in [1.807, 2.05) is 6.92 Å². The fourth-order valence-corrected chi connectivity index (χ4v) is 2.87. The van der Waals surface area contributed by atoms with Gasteiger partial charge in [0.15, 0.2) is 0 Å². The molecule has 1 atom stereocenters. The summed E-state index contributed by atoms with van der Waals surface area (Å²) in [7, 11) is 0. The van der Waals surface area contributed by atoms with Crippen LogP contribution in [0.4, 0.5) is 18.9 Å². The summed E-state index contributed by atoms with van der Waals surface area (Å²) in [6.45, 7) is 3.86. The van der Waals surface area contributed by atoms with Gasteiger partial charge in [-0.05, 0) is 38.1 Å². The molecule has 10 heteroatoms. The first-order valence-electron chi connectivity index (χ1n) is 8.13. The molecule has 1 aliphatic heterocycles. The van der Waals surface area contributed by atoms with E-state index in [2.05, 4.69) is 9.84 Å². The van der Waals surface area contributed by atoms with Crippen LogP contribution in [0, 0.1) is 0 Å². The lowest BCUT2D eigenvalue weighted by Crippen LogP contribution is -2.43. The van der Waals surface area contributed by atoms with Crippen molar-refractivity contribution < 1.29 is 32.2 Å². The van der Waals surface area contributed by atoms with Crippen LogP contribution >= 0.6 is 0 Å². The molecule has 1 aromatic heterocycles. The van der Waals surface area contributed by atoms with Crippen LogP contribution in [-0.4, -0.2) is 41.2 Å². The molecular weight excluding hydrogens is 367 g/mol. The van der Waals surface area contributed by atoms with E-state index in [1.54, 1.807) is 6.92 Å². The summed E-state index contributed by atoms with van der Waals surface area (Å²) in [6, 6.07) is 4.70. The Morgan fingerprint density at radius 2 is 1.96 bits per heavy atom. The minimum atomic E-state index is -4.79. The van der Waals surface area contributed by atoms with Crippen LogP contribution in [0.1, 0.15) is 40.7 Å².